The lowest BCUT2D eigenvalue weighted by molar-refractivity contribution is -0.664. The van der Waals surface area contributed by atoms with Gasteiger partial charge in [0.15, 0.2) is 0 Å². The van der Waals surface area contributed by atoms with Crippen LogP contribution >= 0.6 is 0 Å². The van der Waals surface area contributed by atoms with Crippen molar-refractivity contribution < 1.29 is 24.4 Å². The molecule has 0 unspecified atom stereocenters. The van der Waals surface area contributed by atoms with Gasteiger partial charge < -0.3 is 19.9 Å². The fraction of sp³-hybridized carbons (Fsp3) is 0.833. The van der Waals surface area contributed by atoms with Gasteiger partial charge in [0.05, 0.1) is 26.7 Å². The van der Waals surface area contributed by atoms with Gasteiger partial charge in [0.1, 0.15) is 6.04 Å². The summed E-state index contributed by atoms with van der Waals surface area (Å²) in [6.45, 7) is 3.14. The van der Waals surface area contributed by atoms with E-state index in [0.717, 1.165) is 51.6 Å². The maximum atomic E-state index is 12.9. The molecule has 7 heteroatoms. The monoisotopic (exact) mass is 352 g/mol. The molecule has 7 nitrogen and oxygen atoms in total. The first kappa shape index (κ1) is 18.2. The minimum Gasteiger partial charge on any atom is -0.467 e. The average molecular weight is 352 g/mol. The predicted octanol–water partition coefficient (Wildman–Crippen LogP) is -0.638. The fourth-order valence-corrected chi connectivity index (χ4v) is 4.42. The first-order valence-electron chi connectivity index (χ1n) is 9.60. The molecule has 3 rings (SSSR count). The zero-order valence-corrected chi connectivity index (χ0v) is 15.1. The summed E-state index contributed by atoms with van der Waals surface area (Å²) in [5.74, 6) is -0.134. The van der Waals surface area contributed by atoms with E-state index in [4.69, 9.17) is 4.74 Å². The van der Waals surface area contributed by atoms with Crippen LogP contribution in [0.4, 0.5) is 0 Å². The standard InChI is InChI=1S/C18H29N3O4/c1-25-18(24)15-12-20(16(22)13-4-2-3-5-13)10-11-21(15)17(23)14-6-8-19-9-7-14/h13-15,19H,2-12H2,1H3/p+1/t15-/m0/s1. The van der Waals surface area contributed by atoms with Crippen molar-refractivity contribution in [1.29, 1.82) is 0 Å². The van der Waals surface area contributed by atoms with Crippen LogP contribution in [0.1, 0.15) is 38.5 Å². The van der Waals surface area contributed by atoms with E-state index in [1.54, 1.807) is 9.80 Å². The molecule has 1 saturated carbocycles. The van der Waals surface area contributed by atoms with Gasteiger partial charge in [-0.15, -0.1) is 0 Å². The Bertz CT molecular complexity index is 512. The Labute approximate surface area is 149 Å². The quantitative estimate of drug-likeness (QED) is 0.685. The Morgan fingerprint density at radius 1 is 0.920 bits per heavy atom. The SMILES string of the molecule is COC(=O)[C@@H]1CN(C(=O)C2CCCC2)CCN1C(=O)C1CC[NH2+]CC1. The second-order valence-corrected chi connectivity index (χ2v) is 7.48. The molecule has 3 aliphatic rings. The molecule has 2 amide bonds. The van der Waals surface area contributed by atoms with Crippen LogP contribution in [0.5, 0.6) is 0 Å². The molecule has 3 fully saturated rings. The van der Waals surface area contributed by atoms with Crippen LogP contribution in [0, 0.1) is 11.8 Å². The summed E-state index contributed by atoms with van der Waals surface area (Å²) >= 11 is 0. The third-order valence-corrected chi connectivity index (χ3v) is 5.94. The summed E-state index contributed by atoms with van der Waals surface area (Å²) in [5, 5.41) is 2.22. The van der Waals surface area contributed by atoms with Crippen LogP contribution in [0.2, 0.25) is 0 Å². The van der Waals surface area contributed by atoms with Crippen LogP contribution in [0.15, 0.2) is 0 Å². The van der Waals surface area contributed by atoms with Crippen molar-refractivity contribution in [3.63, 3.8) is 0 Å². The number of carbonyl (C=O) groups is 3. The minimum absolute atomic E-state index is 0.00533. The van der Waals surface area contributed by atoms with Crippen molar-refractivity contribution in [3.05, 3.63) is 0 Å². The number of nitrogens with zero attached hydrogens (tertiary/aromatic N) is 2. The van der Waals surface area contributed by atoms with E-state index in [2.05, 4.69) is 5.32 Å². The van der Waals surface area contributed by atoms with Gasteiger partial charge in [0, 0.05) is 37.8 Å². The van der Waals surface area contributed by atoms with Gasteiger partial charge in [0.2, 0.25) is 11.8 Å². The molecule has 25 heavy (non-hydrogen) atoms. The molecule has 2 heterocycles. The van der Waals surface area contributed by atoms with Crippen molar-refractivity contribution in [2.75, 3.05) is 39.8 Å². The molecular formula is C18H30N3O4+. The molecule has 0 radical (unpaired) electrons. The predicted molar refractivity (Wildman–Crippen MR) is 90.4 cm³/mol. The number of piperazine rings is 1. The Hall–Kier alpha value is -1.63. The van der Waals surface area contributed by atoms with Gasteiger partial charge in [-0.2, -0.15) is 0 Å². The van der Waals surface area contributed by atoms with Crippen molar-refractivity contribution in [1.82, 2.24) is 9.80 Å². The van der Waals surface area contributed by atoms with Gasteiger partial charge in [-0.25, -0.2) is 4.79 Å². The lowest BCUT2D eigenvalue weighted by Gasteiger charge is -2.42. The highest BCUT2D eigenvalue weighted by atomic mass is 16.5. The summed E-state index contributed by atoms with van der Waals surface area (Å²) in [6.07, 6.45) is 5.81. The Kier molecular flexibility index (Phi) is 5.93. The number of carbonyl (C=O) groups excluding carboxylic acids is 3. The van der Waals surface area contributed by atoms with Gasteiger partial charge in [-0.3, -0.25) is 9.59 Å². The van der Waals surface area contributed by atoms with E-state index in [1.165, 1.54) is 7.11 Å². The second kappa shape index (κ2) is 8.17. The molecule has 140 valence electrons. The third kappa shape index (κ3) is 3.97. The number of rotatable bonds is 3. The van der Waals surface area contributed by atoms with E-state index >= 15 is 0 Å². The van der Waals surface area contributed by atoms with Crippen molar-refractivity contribution in [2.24, 2.45) is 11.8 Å². The molecule has 2 N–H and O–H groups in total. The normalized spacial score (nSPS) is 25.9. The topological polar surface area (TPSA) is 83.5 Å². The smallest absolute Gasteiger partial charge is 0.330 e. The van der Waals surface area contributed by atoms with Gasteiger partial charge in [-0.05, 0) is 12.8 Å². The molecule has 0 spiro atoms. The number of esters is 1. The van der Waals surface area contributed by atoms with Crippen LogP contribution < -0.4 is 5.32 Å². The lowest BCUT2D eigenvalue weighted by atomic mass is 9.95. The maximum absolute atomic E-state index is 12.9. The molecule has 0 aromatic carbocycles. The summed E-state index contributed by atoms with van der Waals surface area (Å²) in [7, 11) is 1.35. The number of piperidine rings is 1. The molecule has 1 atom stereocenters. The van der Waals surface area contributed by atoms with Gasteiger partial charge >= 0.3 is 5.97 Å². The van der Waals surface area contributed by atoms with Gasteiger partial charge in [0.25, 0.3) is 0 Å². The number of quaternary nitrogens is 1. The first-order chi connectivity index (χ1) is 12.1. The number of ether oxygens (including phenoxy) is 1. The fourth-order valence-electron chi connectivity index (χ4n) is 4.42. The minimum atomic E-state index is -0.664. The van der Waals surface area contributed by atoms with Crippen molar-refractivity contribution >= 4 is 17.8 Å². The highest BCUT2D eigenvalue weighted by Gasteiger charge is 2.41. The molecule has 2 aliphatic heterocycles. The molecule has 0 aromatic rings. The van der Waals surface area contributed by atoms with Crippen LogP contribution in [0.3, 0.4) is 0 Å². The van der Waals surface area contributed by atoms with Crippen molar-refractivity contribution in [3.8, 4) is 0 Å². The lowest BCUT2D eigenvalue weighted by Crippen LogP contribution is -2.86. The highest BCUT2D eigenvalue weighted by Crippen LogP contribution is 2.28. The zero-order chi connectivity index (χ0) is 17.8. The number of methoxy groups -OCH3 is 1. The van der Waals surface area contributed by atoms with Crippen LogP contribution in [0.25, 0.3) is 0 Å². The number of hydrogen-bond donors (Lipinski definition) is 1. The van der Waals surface area contributed by atoms with E-state index in [1.807, 2.05) is 0 Å². The molecular weight excluding hydrogens is 322 g/mol. The Morgan fingerprint density at radius 2 is 1.56 bits per heavy atom. The zero-order valence-electron chi connectivity index (χ0n) is 15.1. The highest BCUT2D eigenvalue weighted by molar-refractivity contribution is 5.87. The first-order valence-corrected chi connectivity index (χ1v) is 9.60. The summed E-state index contributed by atoms with van der Waals surface area (Å²) in [5.41, 5.74) is 0. The Morgan fingerprint density at radius 3 is 2.20 bits per heavy atom. The molecule has 0 bridgehead atoms. The second-order valence-electron chi connectivity index (χ2n) is 7.48. The molecule has 1 aliphatic carbocycles. The summed E-state index contributed by atoms with van der Waals surface area (Å²) in [6, 6.07) is -0.664. The number of amides is 2. The van der Waals surface area contributed by atoms with E-state index < -0.39 is 12.0 Å². The largest absolute Gasteiger partial charge is 0.467 e. The number of nitrogens with two attached hydrogens (primary N) is 1. The van der Waals surface area contributed by atoms with E-state index in [-0.39, 0.29) is 30.2 Å². The van der Waals surface area contributed by atoms with E-state index in [0.29, 0.717) is 13.1 Å². The molecule has 0 aromatic heterocycles. The van der Waals surface area contributed by atoms with Crippen LogP contribution in [-0.2, 0) is 19.1 Å². The summed E-state index contributed by atoms with van der Waals surface area (Å²) in [4.78, 5) is 41.4. The Balaban J connectivity index is 1.68. The maximum Gasteiger partial charge on any atom is 0.330 e. The summed E-state index contributed by atoms with van der Waals surface area (Å²) < 4.78 is 4.93. The van der Waals surface area contributed by atoms with Gasteiger partial charge in [-0.1, -0.05) is 12.8 Å². The van der Waals surface area contributed by atoms with Crippen LogP contribution in [-0.4, -0.2) is 73.5 Å². The number of hydrogen-bond acceptors (Lipinski definition) is 4. The third-order valence-electron chi connectivity index (χ3n) is 5.94. The van der Waals surface area contributed by atoms with Crippen molar-refractivity contribution in [2.45, 2.75) is 44.6 Å². The molecule has 2 saturated heterocycles. The van der Waals surface area contributed by atoms with E-state index in [9.17, 15) is 14.4 Å². The average Bonchev–Trinajstić information content (AvgIpc) is 3.21.